The van der Waals surface area contributed by atoms with Gasteiger partial charge in [-0.05, 0) is 91.3 Å². The van der Waals surface area contributed by atoms with E-state index in [4.69, 9.17) is 14.5 Å². The Kier molecular flexibility index (Phi) is 21.9. The zero-order valence-corrected chi connectivity index (χ0v) is 48.2. The van der Waals surface area contributed by atoms with E-state index in [0.29, 0.717) is 37.2 Å². The van der Waals surface area contributed by atoms with E-state index >= 15 is 0 Å². The summed E-state index contributed by atoms with van der Waals surface area (Å²) in [6.07, 6.45) is 14.6. The Hall–Kier alpha value is -6.65. The highest BCUT2D eigenvalue weighted by molar-refractivity contribution is 7.13. The number of carbonyl (C=O) groups is 6. The largest absolute Gasteiger partial charge is 0.391 e. The molecule has 3 atom stereocenters. The molecule has 4 fully saturated rings. The second-order valence-corrected chi connectivity index (χ2v) is 23.6. The lowest BCUT2D eigenvalue weighted by molar-refractivity contribution is -0.144. The number of hydrogen-bond acceptors (Lipinski definition) is 15. The number of aryl methyl sites for hydroxylation is 1. The normalized spacial score (nSPS) is 19.0. The molecule has 436 valence electrons. The van der Waals surface area contributed by atoms with Crippen LogP contribution in [0.25, 0.3) is 16.5 Å². The van der Waals surface area contributed by atoms with Gasteiger partial charge in [-0.2, -0.15) is 0 Å². The molecule has 0 aliphatic carbocycles. The van der Waals surface area contributed by atoms with Crippen LogP contribution in [0.4, 0.5) is 5.82 Å². The molecule has 4 aromatic rings. The molecule has 0 bridgehead atoms. The quantitative estimate of drug-likeness (QED) is 0.0582. The van der Waals surface area contributed by atoms with Crippen molar-refractivity contribution in [3.63, 3.8) is 0 Å². The van der Waals surface area contributed by atoms with Gasteiger partial charge in [0.05, 0.1) is 41.0 Å². The van der Waals surface area contributed by atoms with Crippen molar-refractivity contribution in [3.05, 3.63) is 101 Å². The van der Waals surface area contributed by atoms with E-state index < -0.39 is 35.4 Å². The summed E-state index contributed by atoms with van der Waals surface area (Å²) in [6, 6.07) is 14.0. The maximum absolute atomic E-state index is 14.0. The van der Waals surface area contributed by atoms with E-state index in [0.717, 1.165) is 117 Å². The maximum Gasteiger partial charge on any atom is 0.255 e. The summed E-state index contributed by atoms with van der Waals surface area (Å²) in [5.74, 6) is -0.0697. The lowest BCUT2D eigenvalue weighted by atomic mass is 9.85. The topological polar surface area (TPSA) is 232 Å². The number of aromatic nitrogens is 3. The number of nitrogens with one attached hydrogen (secondary N) is 3. The molecule has 20 nitrogen and oxygen atoms in total. The minimum Gasteiger partial charge on any atom is -0.391 e. The Morgan fingerprint density at radius 2 is 1.57 bits per heavy atom. The van der Waals surface area contributed by atoms with Crippen LogP contribution in [0.1, 0.15) is 99.3 Å². The summed E-state index contributed by atoms with van der Waals surface area (Å²) < 4.78 is 11.2. The Bertz CT molecular complexity index is 2730. The van der Waals surface area contributed by atoms with Gasteiger partial charge in [0, 0.05) is 109 Å². The molecule has 7 heterocycles. The summed E-state index contributed by atoms with van der Waals surface area (Å²) in [7, 11) is 0. The first kappa shape index (κ1) is 60.4. The average molecular weight is 1130 g/mol. The zero-order valence-electron chi connectivity index (χ0n) is 47.4. The van der Waals surface area contributed by atoms with Crippen LogP contribution in [-0.2, 0) is 40.0 Å². The highest BCUT2D eigenvalue weighted by atomic mass is 32.1. The van der Waals surface area contributed by atoms with Crippen molar-refractivity contribution in [2.75, 3.05) is 96.8 Å². The summed E-state index contributed by atoms with van der Waals surface area (Å²) in [5, 5.41) is 19.3. The van der Waals surface area contributed by atoms with Crippen LogP contribution in [0, 0.1) is 18.3 Å². The summed E-state index contributed by atoms with van der Waals surface area (Å²) in [6.45, 7) is 14.0. The predicted octanol–water partition coefficient (Wildman–Crippen LogP) is 4.72. The second kappa shape index (κ2) is 29.4. The molecule has 21 heteroatoms. The van der Waals surface area contributed by atoms with E-state index in [-0.39, 0.29) is 69.6 Å². The molecular formula is C60H81N11O9S. The first-order valence-electron chi connectivity index (χ1n) is 28.7. The number of pyridine rings is 2. The van der Waals surface area contributed by atoms with Crippen molar-refractivity contribution < 1.29 is 43.3 Å². The maximum atomic E-state index is 14.0. The number of ether oxygens (including phenoxy) is 2. The van der Waals surface area contributed by atoms with E-state index in [1.807, 2.05) is 91.5 Å². The number of unbranched alkanes of at least 4 members (excludes halogenated alkanes) is 1. The number of hydrogen-bond donors (Lipinski definition) is 4. The fourth-order valence-electron chi connectivity index (χ4n) is 11.1. The van der Waals surface area contributed by atoms with Gasteiger partial charge < -0.3 is 50.1 Å². The lowest BCUT2D eigenvalue weighted by Gasteiger charge is -2.43. The summed E-state index contributed by atoms with van der Waals surface area (Å²) in [4.78, 5) is 103. The first-order chi connectivity index (χ1) is 39.1. The lowest BCUT2D eigenvalue weighted by Crippen LogP contribution is -2.58. The van der Waals surface area contributed by atoms with Gasteiger partial charge in [0.25, 0.3) is 5.91 Å². The van der Waals surface area contributed by atoms with Gasteiger partial charge in [-0.25, -0.2) is 9.97 Å². The molecule has 0 unspecified atom stereocenters. The van der Waals surface area contributed by atoms with Gasteiger partial charge in [0.2, 0.25) is 29.5 Å². The average Bonchev–Trinajstić information content (AvgIpc) is 4.11. The highest BCUT2D eigenvalue weighted by Gasteiger charge is 2.44. The molecule has 0 saturated carbocycles. The Morgan fingerprint density at radius 3 is 2.23 bits per heavy atom. The number of likely N-dealkylation sites (tertiary alicyclic amines) is 2. The number of carbonyl (C=O) groups excluding carboxylic acids is 6. The van der Waals surface area contributed by atoms with Crippen LogP contribution in [0.3, 0.4) is 0 Å². The van der Waals surface area contributed by atoms with Crippen LogP contribution < -0.4 is 20.9 Å². The van der Waals surface area contributed by atoms with Crippen molar-refractivity contribution in [2.24, 2.45) is 11.3 Å². The Balaban J connectivity index is 0.660. The summed E-state index contributed by atoms with van der Waals surface area (Å²) >= 11 is 1.57. The Morgan fingerprint density at radius 1 is 0.827 bits per heavy atom. The number of amides is 6. The van der Waals surface area contributed by atoms with E-state index in [1.54, 1.807) is 42.1 Å². The van der Waals surface area contributed by atoms with Gasteiger partial charge in [0.15, 0.2) is 0 Å². The summed E-state index contributed by atoms with van der Waals surface area (Å²) in [5.41, 5.74) is 5.48. The van der Waals surface area contributed by atoms with Crippen LogP contribution in [0.15, 0.2) is 78.7 Å². The van der Waals surface area contributed by atoms with E-state index in [2.05, 4.69) is 35.7 Å². The van der Waals surface area contributed by atoms with Crippen molar-refractivity contribution in [1.29, 1.82) is 0 Å². The van der Waals surface area contributed by atoms with Crippen molar-refractivity contribution in [2.45, 2.75) is 110 Å². The molecule has 4 aliphatic heterocycles. The molecule has 6 amide bonds. The monoisotopic (exact) mass is 1130 g/mol. The molecule has 3 aromatic heterocycles. The first-order valence-corrected chi connectivity index (χ1v) is 29.6. The molecule has 0 radical (unpaired) electrons. The number of aliphatic hydroxyl groups excluding tert-OH is 1. The fourth-order valence-corrected chi connectivity index (χ4v) is 11.9. The van der Waals surface area contributed by atoms with Crippen LogP contribution in [0.5, 0.6) is 0 Å². The van der Waals surface area contributed by atoms with Gasteiger partial charge >= 0.3 is 0 Å². The third-order valence-electron chi connectivity index (χ3n) is 15.9. The number of anilines is 1. The number of nitrogens with zero attached hydrogens (tertiary/aromatic N) is 8. The van der Waals surface area contributed by atoms with Crippen molar-refractivity contribution in [3.8, 4) is 10.4 Å². The number of aliphatic hydroxyl groups is 1. The number of benzene rings is 1. The Labute approximate surface area is 480 Å². The number of piperidine rings is 2. The molecule has 4 N–H and O–H groups in total. The number of β-amino-alcohol motifs (C(OH)–C–C–N with tert-alkyl or cyclic N) is 1. The molecule has 4 saturated heterocycles. The number of rotatable bonds is 23. The standard InChI is InChI=1S/C60H81N11O9S/c1-42-55(81-41-65-42)46-13-10-45(11-14-46)36-64-57(76)50-34-49(72)38-71(50)59(78)56(60(2,3)4)66-53(74)39-79-32-33-80-40-54(75)69-30-28-67(29-31-69)48-20-26-68(27-21-48)51-16-15-47(37-63-51)58(77)70-24-18-43(19-25-70)8-5-6-23-62-52(73)17-12-44-9-7-22-61-35-44/h7,9-17,22,35,37,41,43,48-50,56,72H,5-6,8,18-21,23-34,36,38-40H2,1-4H3,(H,62,73)(H,64,76)(H,66,74)/b17-12+/t49-,50+,56-/m1/s1. The number of thiazole rings is 1. The second-order valence-electron chi connectivity index (χ2n) is 22.7. The van der Waals surface area contributed by atoms with E-state index in [9.17, 15) is 33.9 Å². The van der Waals surface area contributed by atoms with Gasteiger partial charge in [-0.15, -0.1) is 11.3 Å². The fraction of sp³-hybridized carbons (Fsp3) is 0.550. The molecule has 0 spiro atoms. The van der Waals surface area contributed by atoms with Crippen LogP contribution in [0.2, 0.25) is 0 Å². The smallest absolute Gasteiger partial charge is 0.255 e. The van der Waals surface area contributed by atoms with Crippen molar-refractivity contribution in [1.82, 2.24) is 50.5 Å². The number of piperazine rings is 1. The molecule has 81 heavy (non-hydrogen) atoms. The third-order valence-corrected chi connectivity index (χ3v) is 16.8. The molecule has 4 aliphatic rings. The predicted molar refractivity (Wildman–Crippen MR) is 310 cm³/mol. The van der Waals surface area contributed by atoms with Gasteiger partial charge in [-0.1, -0.05) is 63.9 Å². The van der Waals surface area contributed by atoms with E-state index in [1.165, 1.54) is 4.90 Å². The van der Waals surface area contributed by atoms with Crippen LogP contribution in [-0.4, -0.2) is 191 Å². The van der Waals surface area contributed by atoms with Gasteiger partial charge in [0.1, 0.15) is 31.1 Å². The highest BCUT2D eigenvalue weighted by Crippen LogP contribution is 2.30. The molecule has 1 aromatic carbocycles. The minimum atomic E-state index is -0.995. The minimum absolute atomic E-state index is 0.0315. The molecule has 8 rings (SSSR count). The molecular weight excluding hydrogens is 1050 g/mol. The van der Waals surface area contributed by atoms with Crippen molar-refractivity contribution >= 4 is 58.7 Å². The van der Waals surface area contributed by atoms with Crippen LogP contribution >= 0.6 is 11.3 Å². The zero-order chi connectivity index (χ0) is 57.3. The SMILES string of the molecule is Cc1ncsc1-c1ccc(CNC(=O)[C@@H]2C[C@@H](O)CN2C(=O)[C@@H](NC(=O)COCCOCC(=O)N2CCN(C3CCN(c4ccc(C(=O)N5CCC(CCCCNC(=O)/C=C/c6cccnc6)CC5)cn4)CC3)CC2)C(C)(C)C)cc1. The van der Waals surface area contributed by atoms with Gasteiger partial charge in [-0.3, -0.25) is 38.7 Å². The third kappa shape index (κ3) is 17.4.